The Morgan fingerprint density at radius 2 is 2.06 bits per heavy atom. The van der Waals surface area contributed by atoms with Crippen LogP contribution in [0.2, 0.25) is 0 Å². The van der Waals surface area contributed by atoms with Gasteiger partial charge in [-0.1, -0.05) is 19.1 Å². The van der Waals surface area contributed by atoms with Crippen LogP contribution in [-0.2, 0) is 6.54 Å². The lowest BCUT2D eigenvalue weighted by Gasteiger charge is -2.27. The van der Waals surface area contributed by atoms with Crippen molar-refractivity contribution in [3.8, 4) is 0 Å². The van der Waals surface area contributed by atoms with Crippen LogP contribution in [-0.4, -0.2) is 11.4 Å². The van der Waals surface area contributed by atoms with E-state index < -0.39 is 11.6 Å². The fourth-order valence-electron chi connectivity index (χ4n) is 1.26. The van der Waals surface area contributed by atoms with E-state index in [2.05, 4.69) is 5.32 Å². The standard InChI is InChI=1S/C12H16ClF2N/c1-3-12(2,8-13)16-7-9-5-4-6-10(14)11(9)15/h4-6,16H,3,7-8H2,1-2H3. The Bertz CT molecular complexity index is 351. The lowest BCUT2D eigenvalue weighted by molar-refractivity contribution is 0.373. The Morgan fingerprint density at radius 1 is 1.38 bits per heavy atom. The lowest BCUT2D eigenvalue weighted by Crippen LogP contribution is -2.43. The SMILES string of the molecule is CCC(C)(CCl)NCc1cccc(F)c1F. The highest BCUT2D eigenvalue weighted by Crippen LogP contribution is 2.15. The van der Waals surface area contributed by atoms with Crippen LogP contribution in [0, 0.1) is 11.6 Å². The summed E-state index contributed by atoms with van der Waals surface area (Å²) in [7, 11) is 0. The van der Waals surface area contributed by atoms with Gasteiger partial charge in [0.15, 0.2) is 11.6 Å². The first-order valence-corrected chi connectivity index (χ1v) is 5.80. The Kier molecular flexibility index (Phi) is 4.69. The number of hydrogen-bond donors (Lipinski definition) is 1. The summed E-state index contributed by atoms with van der Waals surface area (Å²) in [5.74, 6) is -1.17. The van der Waals surface area contributed by atoms with Crippen molar-refractivity contribution in [2.75, 3.05) is 5.88 Å². The second-order valence-electron chi connectivity index (χ2n) is 4.11. The maximum atomic E-state index is 13.3. The van der Waals surface area contributed by atoms with Gasteiger partial charge in [-0.25, -0.2) is 8.78 Å². The fraction of sp³-hybridized carbons (Fsp3) is 0.500. The predicted octanol–water partition coefficient (Wildman–Crippen LogP) is 3.46. The third kappa shape index (κ3) is 3.16. The Morgan fingerprint density at radius 3 is 2.62 bits per heavy atom. The van der Waals surface area contributed by atoms with Gasteiger partial charge in [-0.3, -0.25) is 0 Å². The van der Waals surface area contributed by atoms with E-state index in [9.17, 15) is 8.78 Å². The first-order valence-electron chi connectivity index (χ1n) is 5.26. The van der Waals surface area contributed by atoms with Crippen LogP contribution in [0.4, 0.5) is 8.78 Å². The Hall–Kier alpha value is -0.670. The first kappa shape index (κ1) is 13.4. The van der Waals surface area contributed by atoms with E-state index in [0.29, 0.717) is 11.4 Å². The molecule has 90 valence electrons. The van der Waals surface area contributed by atoms with Crippen LogP contribution < -0.4 is 5.32 Å². The number of benzene rings is 1. The van der Waals surface area contributed by atoms with Gasteiger partial charge in [-0.15, -0.1) is 11.6 Å². The van der Waals surface area contributed by atoms with Gasteiger partial charge in [0.25, 0.3) is 0 Å². The van der Waals surface area contributed by atoms with Crippen LogP contribution in [0.5, 0.6) is 0 Å². The molecule has 0 saturated carbocycles. The van der Waals surface area contributed by atoms with Crippen molar-refractivity contribution in [3.63, 3.8) is 0 Å². The summed E-state index contributed by atoms with van der Waals surface area (Å²) < 4.78 is 26.3. The molecule has 0 spiro atoms. The molecular weight excluding hydrogens is 232 g/mol. The van der Waals surface area contributed by atoms with Crippen molar-refractivity contribution >= 4 is 11.6 Å². The zero-order valence-electron chi connectivity index (χ0n) is 9.49. The third-order valence-corrected chi connectivity index (χ3v) is 3.40. The second-order valence-corrected chi connectivity index (χ2v) is 4.38. The molecule has 0 bridgehead atoms. The minimum absolute atomic E-state index is 0.250. The number of nitrogens with one attached hydrogen (secondary N) is 1. The van der Waals surface area contributed by atoms with Gasteiger partial charge in [0, 0.05) is 23.5 Å². The van der Waals surface area contributed by atoms with Crippen molar-refractivity contribution < 1.29 is 8.78 Å². The molecule has 16 heavy (non-hydrogen) atoms. The molecule has 4 heteroatoms. The molecule has 1 atom stereocenters. The van der Waals surface area contributed by atoms with Crippen LogP contribution in [0.3, 0.4) is 0 Å². The Balaban J connectivity index is 2.71. The van der Waals surface area contributed by atoms with Gasteiger partial charge in [-0.05, 0) is 19.4 Å². The molecule has 0 heterocycles. The molecule has 1 nitrogen and oxygen atoms in total. The second kappa shape index (κ2) is 5.60. The van der Waals surface area contributed by atoms with Gasteiger partial charge in [0.2, 0.25) is 0 Å². The Labute approximate surface area is 99.8 Å². The van der Waals surface area contributed by atoms with Gasteiger partial charge in [0.05, 0.1) is 0 Å². The van der Waals surface area contributed by atoms with E-state index >= 15 is 0 Å². The van der Waals surface area contributed by atoms with Crippen molar-refractivity contribution in [1.29, 1.82) is 0 Å². The third-order valence-electron chi connectivity index (χ3n) is 2.81. The highest BCUT2D eigenvalue weighted by atomic mass is 35.5. The summed E-state index contributed by atoms with van der Waals surface area (Å²) in [5.41, 5.74) is 0.0742. The molecule has 1 aromatic rings. The molecule has 0 aliphatic carbocycles. The number of rotatable bonds is 5. The van der Waals surface area contributed by atoms with Crippen molar-refractivity contribution in [2.45, 2.75) is 32.4 Å². The summed E-state index contributed by atoms with van der Waals surface area (Å²) in [4.78, 5) is 0. The maximum Gasteiger partial charge on any atom is 0.163 e. The summed E-state index contributed by atoms with van der Waals surface area (Å²) in [5, 5.41) is 3.14. The molecule has 0 aliphatic rings. The molecule has 0 fully saturated rings. The summed E-state index contributed by atoms with van der Waals surface area (Å²) in [6, 6.07) is 4.18. The number of hydrogen-bond acceptors (Lipinski definition) is 1. The van der Waals surface area contributed by atoms with E-state index in [4.69, 9.17) is 11.6 Å². The largest absolute Gasteiger partial charge is 0.306 e. The molecule has 0 amide bonds. The van der Waals surface area contributed by atoms with Crippen LogP contribution in [0.15, 0.2) is 18.2 Å². The van der Waals surface area contributed by atoms with E-state index in [1.54, 1.807) is 6.07 Å². The highest BCUT2D eigenvalue weighted by molar-refractivity contribution is 6.18. The van der Waals surface area contributed by atoms with Crippen LogP contribution in [0.1, 0.15) is 25.8 Å². The predicted molar refractivity (Wildman–Crippen MR) is 62.6 cm³/mol. The molecular formula is C12H16ClF2N. The molecule has 0 aliphatic heterocycles. The molecule has 0 radical (unpaired) electrons. The fourth-order valence-corrected chi connectivity index (χ4v) is 1.54. The maximum absolute atomic E-state index is 13.3. The van der Waals surface area contributed by atoms with E-state index in [1.807, 2.05) is 13.8 Å². The zero-order valence-corrected chi connectivity index (χ0v) is 10.2. The minimum atomic E-state index is -0.816. The van der Waals surface area contributed by atoms with E-state index in [-0.39, 0.29) is 12.1 Å². The average molecular weight is 248 g/mol. The van der Waals surface area contributed by atoms with E-state index in [0.717, 1.165) is 12.5 Å². The minimum Gasteiger partial charge on any atom is -0.306 e. The van der Waals surface area contributed by atoms with Gasteiger partial charge in [-0.2, -0.15) is 0 Å². The van der Waals surface area contributed by atoms with Gasteiger partial charge < -0.3 is 5.32 Å². The monoisotopic (exact) mass is 247 g/mol. The molecule has 1 N–H and O–H groups in total. The topological polar surface area (TPSA) is 12.0 Å². The summed E-state index contributed by atoms with van der Waals surface area (Å²) in [6.07, 6.45) is 0.827. The zero-order chi connectivity index (χ0) is 12.2. The van der Waals surface area contributed by atoms with Crippen LogP contribution in [0.25, 0.3) is 0 Å². The normalized spacial score (nSPS) is 14.8. The van der Waals surface area contributed by atoms with Crippen molar-refractivity contribution in [3.05, 3.63) is 35.4 Å². The number of halogens is 3. The molecule has 0 aromatic heterocycles. The smallest absolute Gasteiger partial charge is 0.163 e. The molecule has 1 aromatic carbocycles. The summed E-state index contributed by atoms with van der Waals surface area (Å²) >= 11 is 5.82. The number of alkyl halides is 1. The molecule has 0 saturated heterocycles. The van der Waals surface area contributed by atoms with Crippen molar-refractivity contribution in [2.24, 2.45) is 0 Å². The summed E-state index contributed by atoms with van der Waals surface area (Å²) in [6.45, 7) is 4.23. The van der Waals surface area contributed by atoms with Gasteiger partial charge >= 0.3 is 0 Å². The van der Waals surface area contributed by atoms with Gasteiger partial charge in [0.1, 0.15) is 0 Å². The highest BCUT2D eigenvalue weighted by Gasteiger charge is 2.20. The lowest BCUT2D eigenvalue weighted by atomic mass is 10.0. The molecule has 1 rings (SSSR count). The quantitative estimate of drug-likeness (QED) is 0.786. The first-order chi connectivity index (χ1) is 7.52. The van der Waals surface area contributed by atoms with Crippen LogP contribution >= 0.6 is 11.6 Å². The van der Waals surface area contributed by atoms with Crippen molar-refractivity contribution in [1.82, 2.24) is 5.32 Å². The average Bonchev–Trinajstić information content (AvgIpc) is 2.31. The van der Waals surface area contributed by atoms with E-state index in [1.165, 1.54) is 6.07 Å². The molecule has 1 unspecified atom stereocenters.